The van der Waals surface area contributed by atoms with E-state index < -0.39 is 5.15 Å². The van der Waals surface area contributed by atoms with Crippen LogP contribution in [0, 0.1) is 27.7 Å². The minimum Gasteiger partial charge on any atom is -0.0587 e. The van der Waals surface area contributed by atoms with Crippen molar-refractivity contribution in [2.45, 2.75) is 80.1 Å². The molecule has 0 radical (unpaired) electrons. The number of nitrogens with zero attached hydrogens (tertiary/aromatic N) is 3. The fourth-order valence-corrected chi connectivity index (χ4v) is 9.65. The highest BCUT2D eigenvalue weighted by atomic mass is 19.4. The van der Waals surface area contributed by atoms with E-state index in [-0.39, 0.29) is 10.8 Å². The molecule has 338 valence electrons. The van der Waals surface area contributed by atoms with Crippen molar-refractivity contribution in [1.29, 1.82) is 0 Å². The molecule has 0 atom stereocenters. The van der Waals surface area contributed by atoms with E-state index in [4.69, 9.17) is 0 Å². The van der Waals surface area contributed by atoms with E-state index >= 15 is 8.96 Å². The number of aromatic nitrogens is 1. The minimum absolute atomic E-state index is 0.0261. The monoisotopic (exact) mass is 895 g/mol. The second-order valence-electron chi connectivity index (χ2n) is 21.0. The Morgan fingerprint density at radius 3 is 1.24 bits per heavy atom. The van der Waals surface area contributed by atoms with Gasteiger partial charge in [0.25, 0.3) is 11.4 Å². The summed E-state index contributed by atoms with van der Waals surface area (Å²) in [5.41, 5.74) is 18.7. The summed E-state index contributed by atoms with van der Waals surface area (Å²) in [6, 6.07) is 58.7. The lowest BCUT2D eigenvalue weighted by molar-refractivity contribution is -0.770. The fraction of sp³-hybridized carbons (Fsp3) is 0.190. The van der Waals surface area contributed by atoms with Crippen LogP contribution in [0.15, 0.2) is 182 Å². The summed E-state index contributed by atoms with van der Waals surface area (Å²) in [6.45, 7) is 21.5. The Kier molecular flexibility index (Phi) is 10.8. The largest absolute Gasteiger partial charge is 0.383 e. The smallest absolute Gasteiger partial charge is 0.0587 e. The summed E-state index contributed by atoms with van der Waals surface area (Å²) in [4.78, 5) is 0. The van der Waals surface area contributed by atoms with Crippen molar-refractivity contribution >= 4 is 16.9 Å². The van der Waals surface area contributed by atoms with Gasteiger partial charge in [-0.1, -0.05) is 202 Å². The SMILES string of the molecule is Cc1ccc(C2=CC(c3ccc(C)cc3)=[N+]3C2=C(c2cc(-c4ccc(C(C)(C)C)cc4)cc(-c4ccc(C(C)(C)C)cc4)c2)c2c(-c4ccc(C)cc4)cc(-c4ccc(C)cc4)n2[N+]3(F)F)cc1. The Labute approximate surface area is 400 Å². The molecule has 0 unspecified atom stereocenters. The Morgan fingerprint density at radius 2 is 0.794 bits per heavy atom. The number of allylic oxidation sites excluding steroid dienone is 2. The van der Waals surface area contributed by atoms with Crippen molar-refractivity contribution in [3.63, 3.8) is 0 Å². The van der Waals surface area contributed by atoms with E-state index in [0.29, 0.717) is 33.9 Å². The molecule has 8 aromatic rings. The van der Waals surface area contributed by atoms with Gasteiger partial charge in [0, 0.05) is 17.2 Å². The second-order valence-corrected chi connectivity index (χ2v) is 21.0. The third-order valence-corrected chi connectivity index (χ3v) is 13.7. The molecule has 0 saturated heterocycles. The molecule has 7 aromatic carbocycles. The zero-order valence-electron chi connectivity index (χ0n) is 40.8. The maximum atomic E-state index is 18.9. The van der Waals surface area contributed by atoms with Gasteiger partial charge in [-0.05, 0) is 125 Å². The quantitative estimate of drug-likeness (QED) is 0.111. The third-order valence-electron chi connectivity index (χ3n) is 13.7. The van der Waals surface area contributed by atoms with Gasteiger partial charge in [-0.2, -0.15) is 0 Å². The molecule has 1 aromatic heterocycles. The Bertz CT molecular complexity index is 3250. The van der Waals surface area contributed by atoms with Crippen molar-refractivity contribution in [3.8, 4) is 44.6 Å². The molecule has 0 fully saturated rings. The zero-order valence-corrected chi connectivity index (χ0v) is 40.8. The number of halogens is 2. The van der Waals surface area contributed by atoms with E-state index in [2.05, 4.69) is 171 Å². The molecule has 0 N–H and O–H groups in total. The van der Waals surface area contributed by atoms with Crippen molar-refractivity contribution in [1.82, 2.24) is 9.82 Å². The first-order chi connectivity index (χ1) is 32.3. The number of fused-ring (bicyclic) bond motifs is 2. The van der Waals surface area contributed by atoms with Gasteiger partial charge in [0.05, 0.1) is 21.4 Å². The summed E-state index contributed by atoms with van der Waals surface area (Å²) in [5, 5.41) is -2.59. The summed E-state index contributed by atoms with van der Waals surface area (Å²) in [7, 11) is 0. The highest BCUT2D eigenvalue weighted by Crippen LogP contribution is 2.51. The molecule has 0 spiro atoms. The first kappa shape index (κ1) is 44.6. The molecule has 0 saturated carbocycles. The topological polar surface area (TPSA) is 7.94 Å². The lowest BCUT2D eigenvalue weighted by atomic mass is 9.84. The number of quaternary nitrogens is 1. The predicted molar refractivity (Wildman–Crippen MR) is 280 cm³/mol. The van der Waals surface area contributed by atoms with E-state index in [1.54, 1.807) is 0 Å². The van der Waals surface area contributed by atoms with Crippen LogP contribution in [0.2, 0.25) is 0 Å². The van der Waals surface area contributed by atoms with Crippen molar-refractivity contribution < 1.29 is 13.6 Å². The van der Waals surface area contributed by atoms with Gasteiger partial charge < -0.3 is 0 Å². The Hall–Kier alpha value is -7.21. The molecule has 2 aliphatic rings. The van der Waals surface area contributed by atoms with Crippen molar-refractivity contribution in [2.24, 2.45) is 0 Å². The molecular weight excluding hydrogens is 837 g/mol. The second kappa shape index (κ2) is 16.5. The van der Waals surface area contributed by atoms with Crippen LogP contribution in [0.25, 0.3) is 55.8 Å². The fourth-order valence-electron chi connectivity index (χ4n) is 9.65. The van der Waals surface area contributed by atoms with E-state index in [0.717, 1.165) is 77.9 Å². The van der Waals surface area contributed by atoms with Gasteiger partial charge >= 0.3 is 5.15 Å². The van der Waals surface area contributed by atoms with Crippen LogP contribution >= 0.6 is 0 Å². The normalized spacial score (nSPS) is 14.6. The average molecular weight is 896 g/mol. The molecule has 0 amide bonds. The van der Waals surface area contributed by atoms with Crippen LogP contribution in [0.1, 0.15) is 97.3 Å². The Balaban J connectivity index is 1.38. The van der Waals surface area contributed by atoms with Gasteiger partial charge in [0.2, 0.25) is 0 Å². The summed E-state index contributed by atoms with van der Waals surface area (Å²) in [6.07, 6.45) is 1.97. The van der Waals surface area contributed by atoms with Crippen LogP contribution < -0.4 is 5.15 Å². The molecule has 3 nitrogen and oxygen atoms in total. The first-order valence-electron chi connectivity index (χ1n) is 23.7. The number of hydrogen-bond acceptors (Lipinski definition) is 0. The maximum Gasteiger partial charge on any atom is 0.383 e. The third kappa shape index (κ3) is 7.99. The van der Waals surface area contributed by atoms with Crippen LogP contribution in [0.3, 0.4) is 0 Å². The lowest BCUT2D eigenvalue weighted by Gasteiger charge is -2.24. The van der Waals surface area contributed by atoms with Crippen molar-refractivity contribution in [3.05, 3.63) is 237 Å². The van der Waals surface area contributed by atoms with Crippen LogP contribution in [-0.2, 0) is 10.8 Å². The zero-order chi connectivity index (χ0) is 47.9. The molecule has 10 rings (SSSR count). The molecular formula is C63H59F2N3+2. The van der Waals surface area contributed by atoms with E-state index in [1.807, 2.05) is 74.5 Å². The number of rotatable bonds is 7. The first-order valence-corrected chi connectivity index (χ1v) is 23.7. The molecule has 0 aliphatic carbocycles. The van der Waals surface area contributed by atoms with Gasteiger partial charge in [0.1, 0.15) is 20.4 Å². The van der Waals surface area contributed by atoms with Gasteiger partial charge in [-0.3, -0.25) is 0 Å². The molecule has 3 heterocycles. The molecule has 2 aliphatic heterocycles. The van der Waals surface area contributed by atoms with Gasteiger partial charge in [-0.25, -0.2) is 0 Å². The number of benzene rings is 7. The summed E-state index contributed by atoms with van der Waals surface area (Å²) < 4.78 is 40.4. The Morgan fingerprint density at radius 1 is 0.412 bits per heavy atom. The van der Waals surface area contributed by atoms with Gasteiger partial charge in [0.15, 0.2) is 0 Å². The maximum absolute atomic E-state index is 18.9. The average Bonchev–Trinajstić information content (AvgIpc) is 3.92. The standard InChI is InChI=1S/C63H59F2N3/c1-40-11-19-46(20-12-40)55-38-57(48-23-15-42(3)16-24-48)66-60(55)59(61-56(47-21-13-41(2)14-22-47)39-58(67(61)68(66,64)65)49-25-17-43(4)18-26-49)52-36-50(44-27-31-53(32-28-44)62(5,6)7)35-51(37-52)45-29-33-54(34-30-45)63(8,9)10/h11-39H,1-10H3/q+2. The predicted octanol–water partition coefficient (Wildman–Crippen LogP) is 16.5. The number of hydrogen-bond donors (Lipinski definition) is 0. The van der Waals surface area contributed by atoms with Gasteiger partial charge in [-0.15, -0.1) is 0 Å². The molecule has 68 heavy (non-hydrogen) atoms. The summed E-state index contributed by atoms with van der Waals surface area (Å²) >= 11 is 0. The van der Waals surface area contributed by atoms with E-state index in [9.17, 15) is 0 Å². The summed E-state index contributed by atoms with van der Waals surface area (Å²) in [5.74, 6) is 0. The highest BCUT2D eigenvalue weighted by molar-refractivity contribution is 6.16. The molecule has 5 heteroatoms. The minimum atomic E-state index is -2.59. The van der Waals surface area contributed by atoms with E-state index in [1.165, 1.54) is 20.5 Å². The van der Waals surface area contributed by atoms with Crippen molar-refractivity contribution in [2.75, 3.05) is 0 Å². The lowest BCUT2D eigenvalue weighted by Crippen LogP contribution is -2.55. The van der Waals surface area contributed by atoms with Crippen LogP contribution in [0.4, 0.5) is 8.96 Å². The molecule has 0 bridgehead atoms. The van der Waals surface area contributed by atoms with Crippen LogP contribution in [0.5, 0.6) is 0 Å². The number of aryl methyl sites for hydroxylation is 4. The highest BCUT2D eigenvalue weighted by Gasteiger charge is 2.63. The van der Waals surface area contributed by atoms with Crippen LogP contribution in [-0.4, -0.2) is 15.1 Å².